The third-order valence-corrected chi connectivity index (χ3v) is 5.08. The molecule has 3 N–H and O–H groups in total. The van der Waals surface area contributed by atoms with Gasteiger partial charge in [0.2, 0.25) is 0 Å². The fourth-order valence-corrected chi connectivity index (χ4v) is 3.34. The van der Waals surface area contributed by atoms with E-state index in [4.69, 9.17) is 32.7 Å². The molecule has 3 rings (SSSR count). The molecule has 8 heteroatoms. The number of aryl methyl sites for hydroxylation is 1. The van der Waals surface area contributed by atoms with E-state index in [2.05, 4.69) is 10.6 Å². The van der Waals surface area contributed by atoms with Crippen molar-refractivity contribution >= 4 is 41.1 Å². The average molecular weight is 473 g/mol. The number of hydrogen-bond acceptors (Lipinski definition) is 4. The summed E-state index contributed by atoms with van der Waals surface area (Å²) in [5.41, 5.74) is 2.09. The van der Waals surface area contributed by atoms with Crippen LogP contribution in [0.5, 0.6) is 0 Å². The van der Waals surface area contributed by atoms with E-state index < -0.39 is 11.8 Å². The molecule has 0 saturated carbocycles. The summed E-state index contributed by atoms with van der Waals surface area (Å²) in [6.45, 7) is 2.12. The predicted octanol–water partition coefficient (Wildman–Crippen LogP) is 4.83. The van der Waals surface area contributed by atoms with Gasteiger partial charge < -0.3 is 20.2 Å². The Morgan fingerprint density at radius 3 is 2.50 bits per heavy atom. The van der Waals surface area contributed by atoms with E-state index in [0.717, 1.165) is 5.56 Å². The van der Waals surface area contributed by atoms with Crippen molar-refractivity contribution in [1.29, 1.82) is 0 Å². The van der Waals surface area contributed by atoms with Crippen molar-refractivity contribution in [3.63, 3.8) is 0 Å². The Morgan fingerprint density at radius 1 is 1.06 bits per heavy atom. The molecule has 0 atom stereocenters. The Labute approximate surface area is 195 Å². The highest BCUT2D eigenvalue weighted by atomic mass is 35.5. The second-order valence-electron chi connectivity index (χ2n) is 7.04. The number of carbonyl (C=O) groups excluding carboxylic acids is 2. The number of amides is 2. The Morgan fingerprint density at radius 2 is 1.81 bits per heavy atom. The van der Waals surface area contributed by atoms with Gasteiger partial charge in [-0.2, -0.15) is 0 Å². The summed E-state index contributed by atoms with van der Waals surface area (Å²) >= 11 is 12.2. The lowest BCUT2D eigenvalue weighted by Crippen LogP contribution is -2.35. The van der Waals surface area contributed by atoms with Crippen LogP contribution in [-0.2, 0) is 4.79 Å². The molecule has 166 valence electrons. The van der Waals surface area contributed by atoms with Crippen molar-refractivity contribution < 1.29 is 19.1 Å². The molecule has 0 fully saturated rings. The van der Waals surface area contributed by atoms with Crippen molar-refractivity contribution in [2.75, 3.05) is 13.2 Å². The number of rotatable bonds is 8. The van der Waals surface area contributed by atoms with Crippen molar-refractivity contribution in [2.45, 2.75) is 13.3 Å². The van der Waals surface area contributed by atoms with Crippen molar-refractivity contribution in [2.24, 2.45) is 0 Å². The van der Waals surface area contributed by atoms with Crippen LogP contribution in [0.3, 0.4) is 0 Å². The van der Waals surface area contributed by atoms with Crippen LogP contribution in [0, 0.1) is 6.92 Å². The fourth-order valence-electron chi connectivity index (χ4n) is 2.84. The maximum atomic E-state index is 12.7. The van der Waals surface area contributed by atoms with Gasteiger partial charge in [-0.1, -0.05) is 40.9 Å². The van der Waals surface area contributed by atoms with E-state index in [9.17, 15) is 9.59 Å². The number of aliphatic hydroxyl groups is 1. The van der Waals surface area contributed by atoms with E-state index in [1.807, 2.05) is 19.1 Å². The summed E-state index contributed by atoms with van der Waals surface area (Å²) in [6, 6.07) is 15.4. The molecule has 0 spiro atoms. The fraction of sp³-hybridized carbons (Fsp3) is 0.167. The molecule has 2 aromatic carbocycles. The van der Waals surface area contributed by atoms with Crippen LogP contribution in [0.1, 0.15) is 28.1 Å². The highest BCUT2D eigenvalue weighted by Gasteiger charge is 2.16. The molecule has 6 nitrogen and oxygen atoms in total. The quantitative estimate of drug-likeness (QED) is 0.323. The van der Waals surface area contributed by atoms with Gasteiger partial charge >= 0.3 is 0 Å². The second kappa shape index (κ2) is 11.0. The standard InChI is InChI=1S/C24H22Cl2N2O4/c1-15-3-5-16(6-4-15)23(30)28-21(24(31)27-11-2-12-29)14-18-8-10-22(32-18)19-9-7-17(25)13-20(19)26/h3-10,13-14,29H,2,11-12H2,1H3,(H,27,31)(H,28,30)/b21-14-. The first-order valence-corrected chi connectivity index (χ1v) is 10.7. The zero-order valence-corrected chi connectivity index (χ0v) is 18.8. The lowest BCUT2D eigenvalue weighted by molar-refractivity contribution is -0.117. The normalized spacial score (nSPS) is 11.3. The number of carbonyl (C=O) groups is 2. The highest BCUT2D eigenvalue weighted by molar-refractivity contribution is 6.36. The number of nitrogens with one attached hydrogen (secondary N) is 2. The summed E-state index contributed by atoms with van der Waals surface area (Å²) in [5, 5.41) is 15.2. The molecule has 0 aliphatic carbocycles. The smallest absolute Gasteiger partial charge is 0.267 e. The molecule has 2 amide bonds. The SMILES string of the molecule is Cc1ccc(C(=O)N/C(=C\c2ccc(-c3ccc(Cl)cc3Cl)o2)C(=O)NCCCO)cc1. The molecule has 0 unspecified atom stereocenters. The number of furan rings is 1. The Bertz CT molecular complexity index is 1140. The number of benzene rings is 2. The van der Waals surface area contributed by atoms with E-state index in [1.54, 1.807) is 42.5 Å². The summed E-state index contributed by atoms with van der Waals surface area (Å²) in [6.07, 6.45) is 1.83. The third-order valence-electron chi connectivity index (χ3n) is 4.54. The molecule has 0 radical (unpaired) electrons. The van der Waals surface area contributed by atoms with Gasteiger partial charge in [0.25, 0.3) is 11.8 Å². The van der Waals surface area contributed by atoms with Gasteiger partial charge in [0.05, 0.1) is 5.02 Å². The molecule has 3 aromatic rings. The van der Waals surface area contributed by atoms with Crippen molar-refractivity contribution in [3.05, 3.63) is 87.2 Å². The Kier molecular flexibility index (Phi) is 8.11. The van der Waals surface area contributed by atoms with Crippen LogP contribution in [0.15, 0.2) is 64.7 Å². The summed E-state index contributed by atoms with van der Waals surface area (Å²) in [7, 11) is 0. The van der Waals surface area contributed by atoms with Crippen LogP contribution >= 0.6 is 23.2 Å². The maximum Gasteiger partial charge on any atom is 0.267 e. The maximum absolute atomic E-state index is 12.7. The minimum Gasteiger partial charge on any atom is -0.457 e. The van der Waals surface area contributed by atoms with Crippen molar-refractivity contribution in [1.82, 2.24) is 10.6 Å². The summed E-state index contributed by atoms with van der Waals surface area (Å²) in [4.78, 5) is 25.3. The molecule has 32 heavy (non-hydrogen) atoms. The minimum atomic E-state index is -0.499. The zero-order chi connectivity index (χ0) is 23.1. The molecular weight excluding hydrogens is 451 g/mol. The Balaban J connectivity index is 1.87. The van der Waals surface area contributed by atoms with Crippen LogP contribution < -0.4 is 10.6 Å². The first kappa shape index (κ1) is 23.6. The number of aliphatic hydroxyl groups excluding tert-OH is 1. The average Bonchev–Trinajstić information content (AvgIpc) is 3.22. The minimum absolute atomic E-state index is 0.0108. The first-order chi connectivity index (χ1) is 15.4. The second-order valence-corrected chi connectivity index (χ2v) is 7.88. The van der Waals surface area contributed by atoms with Gasteiger partial charge in [0.1, 0.15) is 17.2 Å². The Hall–Kier alpha value is -3.06. The van der Waals surface area contributed by atoms with Crippen molar-refractivity contribution in [3.8, 4) is 11.3 Å². The van der Waals surface area contributed by atoms with Gasteiger partial charge in [0.15, 0.2) is 0 Å². The van der Waals surface area contributed by atoms with E-state index in [1.165, 1.54) is 6.08 Å². The lowest BCUT2D eigenvalue weighted by Gasteiger charge is -2.10. The molecular formula is C24H22Cl2N2O4. The first-order valence-electron chi connectivity index (χ1n) is 9.91. The summed E-state index contributed by atoms with van der Waals surface area (Å²) in [5.74, 6) is -0.0900. The van der Waals surface area contributed by atoms with Crippen LogP contribution in [-0.4, -0.2) is 30.1 Å². The molecule has 0 saturated heterocycles. The molecule has 1 heterocycles. The molecule has 0 aliphatic rings. The van der Waals surface area contributed by atoms with Crippen LogP contribution in [0.4, 0.5) is 0 Å². The number of hydrogen-bond donors (Lipinski definition) is 3. The molecule has 0 bridgehead atoms. The lowest BCUT2D eigenvalue weighted by atomic mass is 10.1. The van der Waals surface area contributed by atoms with E-state index in [-0.39, 0.29) is 18.8 Å². The van der Waals surface area contributed by atoms with Gasteiger partial charge in [-0.05, 0) is 55.8 Å². The van der Waals surface area contributed by atoms with Crippen LogP contribution in [0.25, 0.3) is 17.4 Å². The van der Waals surface area contributed by atoms with Gasteiger partial charge in [-0.3, -0.25) is 9.59 Å². The zero-order valence-electron chi connectivity index (χ0n) is 17.3. The van der Waals surface area contributed by atoms with Gasteiger partial charge in [-0.25, -0.2) is 0 Å². The largest absolute Gasteiger partial charge is 0.457 e. The third kappa shape index (κ3) is 6.23. The van der Waals surface area contributed by atoms with Gasteiger partial charge in [-0.15, -0.1) is 0 Å². The monoisotopic (exact) mass is 472 g/mol. The predicted molar refractivity (Wildman–Crippen MR) is 125 cm³/mol. The van der Waals surface area contributed by atoms with Crippen LogP contribution in [0.2, 0.25) is 10.0 Å². The summed E-state index contributed by atoms with van der Waals surface area (Å²) < 4.78 is 5.82. The highest BCUT2D eigenvalue weighted by Crippen LogP contribution is 2.31. The molecule has 1 aromatic heterocycles. The number of halogens is 2. The molecule has 0 aliphatic heterocycles. The topological polar surface area (TPSA) is 91.6 Å². The van der Waals surface area contributed by atoms with Gasteiger partial charge in [0, 0.05) is 35.4 Å². The van der Waals surface area contributed by atoms with E-state index in [0.29, 0.717) is 39.1 Å². The van der Waals surface area contributed by atoms with E-state index >= 15 is 0 Å².